The van der Waals surface area contributed by atoms with Crippen LogP contribution in [0.3, 0.4) is 0 Å². The molecule has 30 heavy (non-hydrogen) atoms. The summed E-state index contributed by atoms with van der Waals surface area (Å²) in [7, 11) is 0. The monoisotopic (exact) mass is 415 g/mol. The van der Waals surface area contributed by atoms with Crippen molar-refractivity contribution in [2.24, 2.45) is 5.10 Å². The van der Waals surface area contributed by atoms with Crippen molar-refractivity contribution in [2.45, 2.75) is 6.92 Å². The minimum atomic E-state index is -0.507. The number of hydrogen-bond acceptors (Lipinski definition) is 4. The zero-order chi connectivity index (χ0) is 21.2. The lowest BCUT2D eigenvalue weighted by molar-refractivity contribution is -0.117. The second kappa shape index (κ2) is 10.7. The summed E-state index contributed by atoms with van der Waals surface area (Å²) in [6, 6.07) is 22.3. The maximum Gasteiger partial charge on any atom is 0.287 e. The predicted octanol–water partition coefficient (Wildman–Crippen LogP) is 4.62. The molecule has 2 N–H and O–H groups in total. The topological polar surface area (TPSA) is 70.6 Å². The van der Waals surface area contributed by atoms with Gasteiger partial charge < -0.3 is 5.32 Å². The molecule has 0 aliphatic heterocycles. The van der Waals surface area contributed by atoms with Crippen LogP contribution in [0.25, 0.3) is 6.08 Å². The molecular weight excluding hydrogens is 394 g/mol. The van der Waals surface area contributed by atoms with E-state index in [4.69, 9.17) is 0 Å². The van der Waals surface area contributed by atoms with Crippen LogP contribution in [0.1, 0.15) is 27.7 Å². The Bertz CT molecular complexity index is 1070. The van der Waals surface area contributed by atoms with Gasteiger partial charge in [-0.15, -0.1) is 11.3 Å². The van der Waals surface area contributed by atoms with Crippen LogP contribution in [0.5, 0.6) is 0 Å². The third kappa shape index (κ3) is 6.39. The first-order chi connectivity index (χ1) is 14.6. The Kier molecular flexibility index (Phi) is 7.46. The Hall–Kier alpha value is -3.77. The van der Waals surface area contributed by atoms with E-state index in [2.05, 4.69) is 15.8 Å². The fourth-order valence-corrected chi connectivity index (χ4v) is 3.19. The summed E-state index contributed by atoms with van der Waals surface area (Å²) in [5, 5.41) is 8.59. The number of hydrazone groups is 1. The number of thiophene rings is 1. The molecule has 0 spiro atoms. The van der Waals surface area contributed by atoms with Gasteiger partial charge in [0.25, 0.3) is 11.8 Å². The Morgan fingerprint density at radius 2 is 1.63 bits per heavy atom. The van der Waals surface area contributed by atoms with Crippen molar-refractivity contribution in [1.29, 1.82) is 0 Å². The molecule has 0 unspecified atom stereocenters. The third-order valence-electron chi connectivity index (χ3n) is 4.00. The van der Waals surface area contributed by atoms with E-state index in [1.807, 2.05) is 66.9 Å². The van der Waals surface area contributed by atoms with E-state index in [1.165, 1.54) is 11.3 Å². The third-order valence-corrected chi connectivity index (χ3v) is 4.80. The molecule has 0 atom stereocenters. The lowest BCUT2D eigenvalue weighted by Crippen LogP contribution is -2.33. The standard InChI is InChI=1S/C24H21N3O2S/c1-18(15-19-9-4-2-5-10-19)16-22(26-23(28)20-11-6-3-7-12-20)24(29)27-25-17-21-13-8-14-30-21/h2-17H,1H3,(H,26,28)(H,27,29). The Morgan fingerprint density at radius 3 is 2.30 bits per heavy atom. The van der Waals surface area contributed by atoms with Crippen LogP contribution < -0.4 is 10.7 Å². The van der Waals surface area contributed by atoms with Gasteiger partial charge in [-0.05, 0) is 47.7 Å². The molecule has 2 aromatic carbocycles. The average molecular weight is 416 g/mol. The predicted molar refractivity (Wildman–Crippen MR) is 122 cm³/mol. The lowest BCUT2D eigenvalue weighted by Gasteiger charge is -2.09. The number of rotatable bonds is 7. The van der Waals surface area contributed by atoms with Crippen molar-refractivity contribution in [3.05, 3.63) is 112 Å². The molecule has 0 bridgehead atoms. The van der Waals surface area contributed by atoms with Crippen molar-refractivity contribution >= 4 is 35.4 Å². The van der Waals surface area contributed by atoms with Gasteiger partial charge in [0.1, 0.15) is 5.70 Å². The Balaban J connectivity index is 1.80. The molecule has 6 heteroatoms. The van der Waals surface area contributed by atoms with Gasteiger partial charge in [0.2, 0.25) is 0 Å². The molecule has 5 nitrogen and oxygen atoms in total. The number of hydrogen-bond donors (Lipinski definition) is 2. The van der Waals surface area contributed by atoms with Gasteiger partial charge in [0.15, 0.2) is 0 Å². The van der Waals surface area contributed by atoms with Gasteiger partial charge in [0.05, 0.1) is 6.21 Å². The minimum Gasteiger partial charge on any atom is -0.317 e. The first kappa shape index (κ1) is 21.0. The Morgan fingerprint density at radius 1 is 0.933 bits per heavy atom. The molecule has 0 aliphatic carbocycles. The summed E-state index contributed by atoms with van der Waals surface area (Å²) in [5.41, 5.74) is 4.85. The van der Waals surface area contributed by atoms with Crippen molar-refractivity contribution in [2.75, 3.05) is 0 Å². The highest BCUT2D eigenvalue weighted by atomic mass is 32.1. The maximum atomic E-state index is 12.7. The smallest absolute Gasteiger partial charge is 0.287 e. The summed E-state index contributed by atoms with van der Waals surface area (Å²) in [5.74, 6) is -0.875. The SMILES string of the molecule is CC(=Cc1ccccc1)C=C(NC(=O)c1ccccc1)C(=O)NN=Cc1cccs1. The lowest BCUT2D eigenvalue weighted by atomic mass is 10.1. The fraction of sp³-hybridized carbons (Fsp3) is 0.0417. The largest absolute Gasteiger partial charge is 0.317 e. The zero-order valence-electron chi connectivity index (χ0n) is 16.4. The molecule has 150 valence electrons. The fourth-order valence-electron chi connectivity index (χ4n) is 2.60. The van der Waals surface area contributed by atoms with Gasteiger partial charge in [0, 0.05) is 10.4 Å². The molecule has 0 aliphatic rings. The Labute approximate surface area is 179 Å². The number of carbonyl (C=O) groups is 2. The van der Waals surface area contributed by atoms with Gasteiger partial charge in [-0.3, -0.25) is 9.59 Å². The quantitative estimate of drug-likeness (QED) is 0.256. The number of amides is 2. The van der Waals surface area contributed by atoms with E-state index in [0.717, 1.165) is 16.0 Å². The van der Waals surface area contributed by atoms with E-state index in [-0.39, 0.29) is 11.6 Å². The molecule has 3 aromatic rings. The highest BCUT2D eigenvalue weighted by Gasteiger charge is 2.14. The van der Waals surface area contributed by atoms with Crippen molar-refractivity contribution < 1.29 is 9.59 Å². The van der Waals surface area contributed by atoms with E-state index < -0.39 is 5.91 Å². The van der Waals surface area contributed by atoms with E-state index in [0.29, 0.717) is 5.56 Å². The van der Waals surface area contributed by atoms with Crippen LogP contribution >= 0.6 is 11.3 Å². The van der Waals surface area contributed by atoms with Crippen LogP contribution in [0.15, 0.2) is 101 Å². The first-order valence-electron chi connectivity index (χ1n) is 9.30. The summed E-state index contributed by atoms with van der Waals surface area (Å²) in [4.78, 5) is 26.2. The van der Waals surface area contributed by atoms with Crippen molar-refractivity contribution in [1.82, 2.24) is 10.7 Å². The van der Waals surface area contributed by atoms with Gasteiger partial charge in [-0.25, -0.2) is 5.43 Å². The number of nitrogens with one attached hydrogen (secondary N) is 2. The van der Waals surface area contributed by atoms with Crippen molar-refractivity contribution in [3.8, 4) is 0 Å². The van der Waals surface area contributed by atoms with Gasteiger partial charge >= 0.3 is 0 Å². The van der Waals surface area contributed by atoms with Crippen molar-refractivity contribution in [3.63, 3.8) is 0 Å². The molecular formula is C24H21N3O2S. The molecule has 0 saturated carbocycles. The van der Waals surface area contributed by atoms with Crippen LogP contribution in [0, 0.1) is 0 Å². The summed E-state index contributed by atoms with van der Waals surface area (Å²) < 4.78 is 0. The normalized spacial score (nSPS) is 12.0. The van der Waals surface area contributed by atoms with Gasteiger partial charge in [-0.1, -0.05) is 60.7 Å². The van der Waals surface area contributed by atoms with E-state index >= 15 is 0 Å². The maximum absolute atomic E-state index is 12.7. The highest BCUT2D eigenvalue weighted by Crippen LogP contribution is 2.10. The van der Waals surface area contributed by atoms with Crippen LogP contribution in [0.2, 0.25) is 0 Å². The molecule has 1 heterocycles. The molecule has 2 amide bonds. The van der Waals surface area contributed by atoms with Gasteiger partial charge in [-0.2, -0.15) is 5.10 Å². The molecule has 1 aromatic heterocycles. The van der Waals surface area contributed by atoms with Crippen LogP contribution in [-0.2, 0) is 4.79 Å². The summed E-state index contributed by atoms with van der Waals surface area (Å²) in [6.45, 7) is 1.86. The summed E-state index contributed by atoms with van der Waals surface area (Å²) in [6.07, 6.45) is 5.12. The van der Waals surface area contributed by atoms with Crippen LogP contribution in [0.4, 0.5) is 0 Å². The second-order valence-electron chi connectivity index (χ2n) is 6.39. The minimum absolute atomic E-state index is 0.108. The zero-order valence-corrected chi connectivity index (χ0v) is 17.2. The first-order valence-corrected chi connectivity index (χ1v) is 10.2. The number of carbonyl (C=O) groups excluding carboxylic acids is 2. The number of benzene rings is 2. The number of allylic oxidation sites excluding steroid dienone is 2. The second-order valence-corrected chi connectivity index (χ2v) is 7.37. The van der Waals surface area contributed by atoms with Crippen LogP contribution in [-0.4, -0.2) is 18.0 Å². The van der Waals surface area contributed by atoms with E-state index in [9.17, 15) is 9.59 Å². The summed E-state index contributed by atoms with van der Waals surface area (Å²) >= 11 is 1.51. The molecule has 0 saturated heterocycles. The molecule has 3 rings (SSSR count). The van der Waals surface area contributed by atoms with E-state index in [1.54, 1.807) is 36.6 Å². The molecule has 0 fully saturated rings. The molecule has 0 radical (unpaired) electrons. The number of nitrogens with zero attached hydrogens (tertiary/aromatic N) is 1. The average Bonchev–Trinajstić information content (AvgIpc) is 3.28. The highest BCUT2D eigenvalue weighted by molar-refractivity contribution is 7.11.